The van der Waals surface area contributed by atoms with Crippen molar-refractivity contribution in [3.05, 3.63) is 43.2 Å². The molecule has 0 aliphatic carbocycles. The first-order valence-corrected chi connectivity index (χ1v) is 13.1. The zero-order valence-electron chi connectivity index (χ0n) is 15.8. The molecule has 0 aliphatic rings. The summed E-state index contributed by atoms with van der Waals surface area (Å²) in [5, 5.41) is 9.09. The molecule has 17 heteroatoms. The fourth-order valence-corrected chi connectivity index (χ4v) is 4.47. The maximum atomic E-state index is 12.4. The second kappa shape index (κ2) is 12.0. The molecule has 0 saturated carbocycles. The Kier molecular flexibility index (Phi) is 11.4. The van der Waals surface area contributed by atoms with Gasteiger partial charge in [0.05, 0.1) is 0 Å². The molecule has 1 aromatic carbocycles. The van der Waals surface area contributed by atoms with Crippen LogP contribution in [0.2, 0.25) is 0 Å². The molecule has 0 aliphatic heterocycles. The Balaban J connectivity index is 0.00000102. The summed E-state index contributed by atoms with van der Waals surface area (Å²) in [5.74, 6) is -1.46. The second-order valence-electron chi connectivity index (χ2n) is 5.46. The highest BCUT2D eigenvalue weighted by Crippen LogP contribution is 2.27. The summed E-state index contributed by atoms with van der Waals surface area (Å²) in [7, 11) is -11.8. The van der Waals surface area contributed by atoms with Gasteiger partial charge in [0.1, 0.15) is 5.56 Å². The van der Waals surface area contributed by atoms with E-state index in [0.29, 0.717) is 16.4 Å². The van der Waals surface area contributed by atoms with Gasteiger partial charge in [-0.05, 0) is 18.6 Å². The predicted octanol–water partition coefficient (Wildman–Crippen LogP) is 0.593. The molecule has 1 N–H and O–H groups in total. The van der Waals surface area contributed by atoms with Gasteiger partial charge in [-0.1, -0.05) is 25.5 Å². The highest BCUT2D eigenvalue weighted by atomic mass is 127. The van der Waals surface area contributed by atoms with Gasteiger partial charge in [-0.3, -0.25) is 0 Å². The van der Waals surface area contributed by atoms with Gasteiger partial charge in [0.2, 0.25) is 3.57 Å². The van der Waals surface area contributed by atoms with Gasteiger partial charge in [-0.2, -0.15) is 34.8 Å². The number of carboxylic acid groups (broad SMARTS) is 1. The Bertz CT molecular complexity index is 1020. The lowest BCUT2D eigenvalue weighted by Crippen LogP contribution is -3.59. The molecule has 1 rings (SSSR count). The van der Waals surface area contributed by atoms with Gasteiger partial charge in [0.25, 0.3) is 0 Å². The van der Waals surface area contributed by atoms with Crippen molar-refractivity contribution in [2.75, 3.05) is 0 Å². The van der Waals surface area contributed by atoms with Crippen LogP contribution in [0.1, 0.15) is 36.5 Å². The zero-order chi connectivity index (χ0) is 25.4. The average molecular weight is 628 g/mol. The molecule has 0 unspecified atom stereocenters. The van der Waals surface area contributed by atoms with Crippen molar-refractivity contribution in [2.24, 2.45) is 0 Å². The van der Waals surface area contributed by atoms with Crippen molar-refractivity contribution < 1.29 is 83.0 Å². The van der Waals surface area contributed by atoms with Gasteiger partial charge in [-0.25, -0.2) is 13.2 Å². The van der Waals surface area contributed by atoms with Crippen LogP contribution < -0.4 is 21.2 Å². The highest BCUT2D eigenvalue weighted by Gasteiger charge is 2.49. The fraction of sp³-hybridized carbons (Fsp3) is 0.400. The van der Waals surface area contributed by atoms with E-state index in [9.17, 15) is 39.6 Å². The highest BCUT2D eigenvalue weighted by molar-refractivity contribution is 7.87. The summed E-state index contributed by atoms with van der Waals surface area (Å²) in [4.78, 5) is 11.1. The minimum atomic E-state index is -6.09. The molecule has 184 valence electrons. The van der Waals surface area contributed by atoms with Crippen LogP contribution in [0.4, 0.5) is 26.3 Å². The molecule has 0 aromatic heterocycles. The van der Waals surface area contributed by atoms with E-state index in [0.717, 1.165) is 0 Å². The largest absolute Gasteiger partial charge is 0.741 e. The molecule has 8 nitrogen and oxygen atoms in total. The van der Waals surface area contributed by atoms with Crippen molar-refractivity contribution in [1.82, 2.24) is 0 Å². The third kappa shape index (κ3) is 10.3. The molecule has 1 aromatic rings. The van der Waals surface area contributed by atoms with E-state index in [1.54, 1.807) is 19.1 Å². The third-order valence-electron chi connectivity index (χ3n) is 2.96. The van der Waals surface area contributed by atoms with Crippen molar-refractivity contribution in [2.45, 2.75) is 37.2 Å². The predicted molar refractivity (Wildman–Crippen MR) is 91.5 cm³/mol. The van der Waals surface area contributed by atoms with Crippen molar-refractivity contribution in [3.8, 4) is 0 Å². The van der Waals surface area contributed by atoms with E-state index >= 15 is 0 Å². The lowest BCUT2D eigenvalue weighted by Gasteiger charge is -2.10. The lowest BCUT2D eigenvalue weighted by molar-refractivity contribution is -0.559. The Morgan fingerprint density at radius 2 is 1.59 bits per heavy atom. The van der Waals surface area contributed by atoms with E-state index < -0.39 is 58.4 Å². The Hall–Kier alpha value is -1.60. The molecule has 0 heterocycles. The lowest BCUT2D eigenvalue weighted by atomic mass is 10.2. The maximum Gasteiger partial charge on any atom is 0.534 e. The number of rotatable bonds is 8. The number of carboxylic acids is 1. The van der Waals surface area contributed by atoms with Crippen LogP contribution in [0.15, 0.2) is 34.1 Å². The van der Waals surface area contributed by atoms with Gasteiger partial charge < -0.3 is 13.8 Å². The van der Waals surface area contributed by atoms with Crippen LogP contribution in [0.3, 0.4) is 0 Å². The molecule has 0 fully saturated rings. The number of halogens is 7. The molecular formula is C15H15F6IO8S2. The van der Waals surface area contributed by atoms with Crippen molar-refractivity contribution in [3.63, 3.8) is 0 Å². The van der Waals surface area contributed by atoms with Crippen LogP contribution in [0.5, 0.6) is 0 Å². The maximum absolute atomic E-state index is 12.4. The molecule has 0 spiro atoms. The average Bonchev–Trinajstić information content (AvgIpc) is 2.62. The van der Waals surface area contributed by atoms with E-state index in [2.05, 4.69) is 4.18 Å². The fourth-order valence-electron chi connectivity index (χ4n) is 1.50. The molecule has 0 amide bonds. The summed E-state index contributed by atoms with van der Waals surface area (Å²) in [6.07, 6.45) is 1.11. The van der Waals surface area contributed by atoms with Gasteiger partial charge >= 0.3 is 48.3 Å². The second-order valence-corrected chi connectivity index (χ2v) is 10.8. The first-order chi connectivity index (χ1) is 14.3. The monoisotopic (exact) mass is 628 g/mol. The summed E-state index contributed by atoms with van der Waals surface area (Å²) in [6.45, 7) is 1.80. The molecule has 32 heavy (non-hydrogen) atoms. The zero-order valence-corrected chi connectivity index (χ0v) is 19.6. The molecule has 0 atom stereocenters. The van der Waals surface area contributed by atoms with Gasteiger partial charge in [0, 0.05) is 6.42 Å². The Labute approximate surface area is 189 Å². The number of aromatic carboxylic acids is 1. The van der Waals surface area contributed by atoms with Gasteiger partial charge in [0.15, 0.2) is 20.0 Å². The standard InChI is InChI=1S/C14H14F3IO5S.CHF3O3S/c1-2-3-6-10(23-24(21,22)14(15,16)17)9-18-12-8-5-4-7-11(12)13(19)20;2-1(3,4)8(5,6)7/h4-5,7-9H,2-3,6H2,1H3;(H,5,6,7)/b10-9+;. The minimum absolute atomic E-state index is 0.0285. The van der Waals surface area contributed by atoms with E-state index in [1.165, 1.54) is 16.2 Å². The van der Waals surface area contributed by atoms with Gasteiger partial charge in [-0.15, -0.1) is 0 Å². The van der Waals surface area contributed by atoms with Crippen LogP contribution in [0, 0.1) is 3.57 Å². The normalized spacial score (nSPS) is 13.2. The number of carbonyl (C=O) groups is 1. The first-order valence-electron chi connectivity index (χ1n) is 8.01. The summed E-state index contributed by atoms with van der Waals surface area (Å²) >= 11 is -1.18. The summed E-state index contributed by atoms with van der Waals surface area (Å²) < 4.78 is 124. The molecule has 0 bridgehead atoms. The van der Waals surface area contributed by atoms with Crippen LogP contribution >= 0.6 is 0 Å². The van der Waals surface area contributed by atoms with E-state index in [-0.39, 0.29) is 17.7 Å². The van der Waals surface area contributed by atoms with Crippen LogP contribution in [-0.4, -0.2) is 43.5 Å². The van der Waals surface area contributed by atoms with Crippen molar-refractivity contribution in [1.29, 1.82) is 0 Å². The SMILES string of the molecule is CCCC/C(=C\[I+]c1ccccc1C(=O)O)OS(=O)(=O)C(F)(F)F.O=S(=O)([O-])C(F)(F)F. The molecule has 0 saturated heterocycles. The number of hydrogen-bond donors (Lipinski definition) is 1. The number of hydrogen-bond acceptors (Lipinski definition) is 7. The summed E-state index contributed by atoms with van der Waals surface area (Å²) in [6, 6.07) is 6.06. The number of benzene rings is 1. The van der Waals surface area contributed by atoms with E-state index in [1.807, 2.05) is 0 Å². The molecular weight excluding hydrogens is 613 g/mol. The Morgan fingerprint density at radius 3 is 2.00 bits per heavy atom. The topological polar surface area (TPSA) is 138 Å². The number of allylic oxidation sites excluding steroid dienone is 1. The molecule has 0 radical (unpaired) electrons. The first kappa shape index (κ1) is 30.4. The van der Waals surface area contributed by atoms with Crippen molar-refractivity contribution >= 4 is 26.2 Å². The smallest absolute Gasteiger partial charge is 0.534 e. The quantitative estimate of drug-likeness (QED) is 0.110. The van der Waals surface area contributed by atoms with Crippen LogP contribution in [-0.2, 0) is 24.4 Å². The van der Waals surface area contributed by atoms with E-state index in [4.69, 9.17) is 18.1 Å². The number of alkyl halides is 6. The summed E-state index contributed by atoms with van der Waals surface area (Å²) in [5.41, 5.74) is -11.1. The minimum Gasteiger partial charge on any atom is -0.741 e. The number of unbranched alkanes of at least 4 members (excludes halogenated alkanes) is 1. The van der Waals surface area contributed by atoms with Crippen LogP contribution in [0.25, 0.3) is 0 Å². The Morgan fingerprint density at radius 1 is 1.09 bits per heavy atom. The third-order valence-corrected chi connectivity index (χ3v) is 7.14.